The highest BCUT2D eigenvalue weighted by Gasteiger charge is 2.30. The van der Waals surface area contributed by atoms with Crippen LogP contribution in [0.1, 0.15) is 23.2 Å². The lowest BCUT2D eigenvalue weighted by molar-refractivity contribution is -0.131. The fourth-order valence-electron chi connectivity index (χ4n) is 3.91. The summed E-state index contributed by atoms with van der Waals surface area (Å²) in [6, 6.07) is 9.76. The second-order valence-electron chi connectivity index (χ2n) is 7.85. The maximum atomic E-state index is 12.7. The van der Waals surface area contributed by atoms with Crippen molar-refractivity contribution >= 4 is 33.4 Å². The van der Waals surface area contributed by atoms with Crippen molar-refractivity contribution in [2.45, 2.75) is 17.7 Å². The minimum atomic E-state index is -3.65. The summed E-state index contributed by atoms with van der Waals surface area (Å²) in [7, 11) is -3.65. The summed E-state index contributed by atoms with van der Waals surface area (Å²) in [5.41, 5.74) is 1.15. The molecule has 2 fully saturated rings. The number of hydrogen-bond acceptors (Lipinski definition) is 6. The number of carbonyl (C=O) groups excluding carboxylic acids is 3. The molecule has 0 saturated carbocycles. The SMILES string of the molecule is O=C(NCC(=O)N1CCN(S(=O)(=O)c2cccnc2)CC1)c1ccc(N2CCCC2=O)cc1. The summed E-state index contributed by atoms with van der Waals surface area (Å²) in [6.45, 7) is 1.33. The number of aromatic nitrogens is 1. The molecular formula is C22H25N5O5S. The van der Waals surface area contributed by atoms with E-state index >= 15 is 0 Å². The lowest BCUT2D eigenvalue weighted by atomic mass is 10.2. The summed E-state index contributed by atoms with van der Waals surface area (Å²) >= 11 is 0. The number of sulfonamides is 1. The van der Waals surface area contributed by atoms with Gasteiger partial charge in [-0.2, -0.15) is 4.31 Å². The van der Waals surface area contributed by atoms with Crippen LogP contribution in [-0.4, -0.2) is 79.6 Å². The number of nitrogens with zero attached hydrogens (tertiary/aromatic N) is 4. The Labute approximate surface area is 192 Å². The second-order valence-corrected chi connectivity index (χ2v) is 9.79. The largest absolute Gasteiger partial charge is 0.343 e. The minimum absolute atomic E-state index is 0.0751. The predicted octanol–water partition coefficient (Wildman–Crippen LogP) is 0.471. The lowest BCUT2D eigenvalue weighted by Gasteiger charge is -2.34. The summed E-state index contributed by atoms with van der Waals surface area (Å²) in [6.07, 6.45) is 4.17. The first-order valence-electron chi connectivity index (χ1n) is 10.7. The molecule has 1 N–H and O–H groups in total. The highest BCUT2D eigenvalue weighted by atomic mass is 32.2. The lowest BCUT2D eigenvalue weighted by Crippen LogP contribution is -2.52. The Balaban J connectivity index is 1.26. The van der Waals surface area contributed by atoms with Crippen molar-refractivity contribution in [3.8, 4) is 0 Å². The minimum Gasteiger partial charge on any atom is -0.343 e. The average molecular weight is 472 g/mol. The van der Waals surface area contributed by atoms with Crippen molar-refractivity contribution < 1.29 is 22.8 Å². The van der Waals surface area contributed by atoms with Crippen LogP contribution in [0.5, 0.6) is 0 Å². The number of pyridine rings is 1. The van der Waals surface area contributed by atoms with Gasteiger partial charge in [0.15, 0.2) is 0 Å². The number of carbonyl (C=O) groups is 3. The summed E-state index contributed by atoms with van der Waals surface area (Å²) in [5.74, 6) is -0.590. The molecule has 2 aromatic rings. The van der Waals surface area contributed by atoms with Gasteiger partial charge in [-0.25, -0.2) is 8.42 Å². The van der Waals surface area contributed by atoms with Crippen molar-refractivity contribution in [2.75, 3.05) is 44.2 Å². The van der Waals surface area contributed by atoms with Crippen LogP contribution in [0.2, 0.25) is 0 Å². The molecule has 3 heterocycles. The van der Waals surface area contributed by atoms with E-state index < -0.39 is 10.0 Å². The molecule has 0 bridgehead atoms. The first kappa shape index (κ1) is 22.9. The van der Waals surface area contributed by atoms with Crippen LogP contribution in [0.4, 0.5) is 5.69 Å². The Morgan fingerprint density at radius 1 is 1.00 bits per heavy atom. The van der Waals surface area contributed by atoms with E-state index in [2.05, 4.69) is 10.3 Å². The third kappa shape index (κ3) is 5.04. The van der Waals surface area contributed by atoms with Gasteiger partial charge in [-0.15, -0.1) is 0 Å². The molecule has 11 heteroatoms. The van der Waals surface area contributed by atoms with Gasteiger partial charge in [-0.3, -0.25) is 19.4 Å². The van der Waals surface area contributed by atoms with E-state index in [0.29, 0.717) is 18.5 Å². The summed E-state index contributed by atoms with van der Waals surface area (Å²) in [4.78, 5) is 44.0. The van der Waals surface area contributed by atoms with Gasteiger partial charge in [0.25, 0.3) is 5.91 Å². The Bertz CT molecular complexity index is 1130. The number of anilines is 1. The molecule has 3 amide bonds. The molecule has 0 spiro atoms. The third-order valence-corrected chi connectivity index (χ3v) is 7.66. The first-order chi connectivity index (χ1) is 15.9. The van der Waals surface area contributed by atoms with Gasteiger partial charge in [0.05, 0.1) is 6.54 Å². The molecule has 33 heavy (non-hydrogen) atoms. The quantitative estimate of drug-likeness (QED) is 0.654. The Morgan fingerprint density at radius 2 is 1.73 bits per heavy atom. The number of rotatable bonds is 6. The Hall–Kier alpha value is -3.31. The molecule has 0 atom stereocenters. The van der Waals surface area contributed by atoms with Gasteiger partial charge in [0, 0.05) is 62.8 Å². The zero-order valence-electron chi connectivity index (χ0n) is 18.0. The first-order valence-corrected chi connectivity index (χ1v) is 12.2. The standard InChI is InChI=1S/C22H25N5O5S/c28-20-4-2-10-27(20)18-7-5-17(6-8-18)22(30)24-16-21(29)25-11-13-26(14-12-25)33(31,32)19-3-1-9-23-15-19/h1,3,5-9,15H,2,4,10-14,16H2,(H,24,30). The number of benzene rings is 1. The van der Waals surface area contributed by atoms with Crippen molar-refractivity contribution in [1.82, 2.24) is 19.5 Å². The van der Waals surface area contributed by atoms with Crippen molar-refractivity contribution in [3.05, 3.63) is 54.4 Å². The van der Waals surface area contributed by atoms with Gasteiger partial charge in [0.2, 0.25) is 21.8 Å². The monoisotopic (exact) mass is 471 g/mol. The molecular weight excluding hydrogens is 446 g/mol. The van der Waals surface area contributed by atoms with Crippen molar-refractivity contribution in [2.24, 2.45) is 0 Å². The van der Waals surface area contributed by atoms with Crippen LogP contribution in [0.3, 0.4) is 0 Å². The molecule has 10 nitrogen and oxygen atoms in total. The fraction of sp³-hybridized carbons (Fsp3) is 0.364. The summed E-state index contributed by atoms with van der Waals surface area (Å²) < 4.78 is 26.7. The third-order valence-electron chi connectivity index (χ3n) is 5.78. The maximum Gasteiger partial charge on any atom is 0.251 e. The van der Waals surface area contributed by atoms with Gasteiger partial charge < -0.3 is 15.1 Å². The number of piperazine rings is 1. The topological polar surface area (TPSA) is 120 Å². The molecule has 2 aliphatic heterocycles. The molecule has 0 aliphatic carbocycles. The normalized spacial score (nSPS) is 17.3. The van der Waals surface area contributed by atoms with E-state index in [4.69, 9.17) is 0 Å². The van der Waals surface area contributed by atoms with E-state index in [0.717, 1.165) is 12.1 Å². The molecule has 1 aromatic heterocycles. The molecule has 1 aromatic carbocycles. The Morgan fingerprint density at radius 3 is 2.33 bits per heavy atom. The van der Waals surface area contributed by atoms with E-state index in [-0.39, 0.29) is 55.3 Å². The van der Waals surface area contributed by atoms with Crippen LogP contribution in [-0.2, 0) is 19.6 Å². The van der Waals surface area contributed by atoms with Crippen LogP contribution in [0.15, 0.2) is 53.7 Å². The molecule has 0 unspecified atom stereocenters. The number of hydrogen-bond donors (Lipinski definition) is 1. The number of amides is 3. The zero-order valence-corrected chi connectivity index (χ0v) is 18.8. The van der Waals surface area contributed by atoms with Crippen molar-refractivity contribution in [3.63, 3.8) is 0 Å². The molecule has 174 valence electrons. The molecule has 2 saturated heterocycles. The highest BCUT2D eigenvalue weighted by Crippen LogP contribution is 2.21. The van der Waals surface area contributed by atoms with E-state index in [1.807, 2.05) is 0 Å². The van der Waals surface area contributed by atoms with Crippen LogP contribution in [0.25, 0.3) is 0 Å². The van der Waals surface area contributed by atoms with Crippen LogP contribution >= 0.6 is 0 Å². The highest BCUT2D eigenvalue weighted by molar-refractivity contribution is 7.89. The van der Waals surface area contributed by atoms with E-state index in [1.165, 1.54) is 27.7 Å². The van der Waals surface area contributed by atoms with Crippen molar-refractivity contribution in [1.29, 1.82) is 0 Å². The fourth-order valence-corrected chi connectivity index (χ4v) is 5.30. The van der Waals surface area contributed by atoms with Gasteiger partial charge in [-0.05, 0) is 42.8 Å². The zero-order chi connectivity index (χ0) is 23.4. The van der Waals surface area contributed by atoms with Crippen LogP contribution < -0.4 is 10.2 Å². The summed E-state index contributed by atoms with van der Waals surface area (Å²) in [5, 5.41) is 2.61. The van der Waals surface area contributed by atoms with Gasteiger partial charge >= 0.3 is 0 Å². The predicted molar refractivity (Wildman–Crippen MR) is 120 cm³/mol. The number of nitrogens with one attached hydrogen (secondary N) is 1. The van der Waals surface area contributed by atoms with Gasteiger partial charge in [-0.1, -0.05) is 0 Å². The molecule has 2 aliphatic rings. The van der Waals surface area contributed by atoms with E-state index in [9.17, 15) is 22.8 Å². The maximum absolute atomic E-state index is 12.7. The molecule has 4 rings (SSSR count). The Kier molecular flexibility index (Phi) is 6.70. The molecule has 0 radical (unpaired) electrons. The van der Waals surface area contributed by atoms with Crippen LogP contribution in [0, 0.1) is 0 Å². The van der Waals surface area contributed by atoms with Gasteiger partial charge in [0.1, 0.15) is 4.90 Å². The average Bonchev–Trinajstić information content (AvgIpc) is 3.28. The van der Waals surface area contributed by atoms with E-state index in [1.54, 1.807) is 35.2 Å². The second kappa shape index (κ2) is 9.67. The smallest absolute Gasteiger partial charge is 0.251 e.